The van der Waals surface area contributed by atoms with Gasteiger partial charge in [0.15, 0.2) is 0 Å². The predicted octanol–water partition coefficient (Wildman–Crippen LogP) is 3.38. The Hall–Kier alpha value is -2.36. The molecule has 0 aliphatic heterocycles. The Labute approximate surface area is 124 Å². The van der Waals surface area contributed by atoms with Gasteiger partial charge in [-0.25, -0.2) is 4.68 Å². The molecule has 1 N–H and O–H groups in total. The summed E-state index contributed by atoms with van der Waals surface area (Å²) in [6.07, 6.45) is 1.01. The molecular weight excluding hydrogens is 262 g/mol. The highest BCUT2D eigenvalue weighted by atomic mass is 16.3. The molecule has 0 aliphatic rings. The van der Waals surface area contributed by atoms with E-state index in [0.29, 0.717) is 18.2 Å². The van der Waals surface area contributed by atoms with E-state index in [2.05, 4.69) is 30.2 Å². The maximum Gasteiger partial charge on any atom is 0.120 e. The van der Waals surface area contributed by atoms with Gasteiger partial charge in [-0.05, 0) is 36.1 Å². The van der Waals surface area contributed by atoms with E-state index >= 15 is 0 Å². The number of nitrogens with zero attached hydrogens (tertiary/aromatic N) is 3. The van der Waals surface area contributed by atoms with Crippen molar-refractivity contribution in [2.45, 2.75) is 26.8 Å². The van der Waals surface area contributed by atoms with Crippen molar-refractivity contribution in [3.63, 3.8) is 0 Å². The number of phenolic OH excluding ortho intramolecular Hbond substituents is 1. The lowest BCUT2D eigenvalue weighted by molar-refractivity contribution is 0.463. The van der Waals surface area contributed by atoms with Crippen molar-refractivity contribution in [2.75, 3.05) is 0 Å². The monoisotopic (exact) mass is 281 g/mol. The van der Waals surface area contributed by atoms with Gasteiger partial charge in [0.05, 0.1) is 12.1 Å². The lowest BCUT2D eigenvalue weighted by Crippen LogP contribution is -2.03. The third-order valence-corrected chi connectivity index (χ3v) is 3.53. The summed E-state index contributed by atoms with van der Waals surface area (Å²) in [5, 5.41) is 18.4. The fraction of sp³-hybridized carbons (Fsp3) is 0.294. The first-order valence-corrected chi connectivity index (χ1v) is 7.22. The quantitative estimate of drug-likeness (QED) is 0.797. The van der Waals surface area contributed by atoms with Crippen molar-refractivity contribution < 1.29 is 5.11 Å². The summed E-state index contributed by atoms with van der Waals surface area (Å²) in [6, 6.07) is 13.7. The molecule has 0 bridgehead atoms. The minimum Gasteiger partial charge on any atom is -0.508 e. The largest absolute Gasteiger partial charge is 0.508 e. The van der Waals surface area contributed by atoms with Gasteiger partial charge in [-0.1, -0.05) is 43.3 Å². The van der Waals surface area contributed by atoms with Gasteiger partial charge in [0, 0.05) is 5.56 Å². The summed E-state index contributed by atoms with van der Waals surface area (Å²) in [4.78, 5) is 0. The first kappa shape index (κ1) is 13.6. The first-order chi connectivity index (χ1) is 10.1. The SMILES string of the molecule is CC(C)Cc1ccc(O)c(Cn2nnc3ccccc32)c1. The zero-order chi connectivity index (χ0) is 14.8. The summed E-state index contributed by atoms with van der Waals surface area (Å²) in [5.74, 6) is 0.900. The van der Waals surface area contributed by atoms with Crippen molar-refractivity contribution in [1.29, 1.82) is 0 Å². The Morgan fingerprint density at radius 3 is 2.76 bits per heavy atom. The van der Waals surface area contributed by atoms with E-state index in [1.807, 2.05) is 35.0 Å². The lowest BCUT2D eigenvalue weighted by Gasteiger charge is -2.10. The second-order valence-electron chi connectivity index (χ2n) is 5.80. The second-order valence-corrected chi connectivity index (χ2v) is 5.80. The van der Waals surface area contributed by atoms with E-state index in [-0.39, 0.29) is 0 Å². The highest BCUT2D eigenvalue weighted by molar-refractivity contribution is 5.73. The number of phenols is 1. The molecule has 0 radical (unpaired) electrons. The van der Waals surface area contributed by atoms with Gasteiger partial charge >= 0.3 is 0 Å². The molecule has 108 valence electrons. The molecule has 0 saturated carbocycles. The van der Waals surface area contributed by atoms with Crippen LogP contribution < -0.4 is 0 Å². The Morgan fingerprint density at radius 2 is 1.95 bits per heavy atom. The average molecular weight is 281 g/mol. The van der Waals surface area contributed by atoms with Crippen LogP contribution in [0.2, 0.25) is 0 Å². The molecule has 1 aromatic heterocycles. The minimum absolute atomic E-state index is 0.307. The molecule has 0 saturated heterocycles. The molecule has 4 nitrogen and oxygen atoms in total. The summed E-state index contributed by atoms with van der Waals surface area (Å²) < 4.78 is 1.82. The van der Waals surface area contributed by atoms with Gasteiger partial charge in [0.1, 0.15) is 11.3 Å². The first-order valence-electron chi connectivity index (χ1n) is 7.22. The van der Waals surface area contributed by atoms with Crippen LogP contribution in [0.3, 0.4) is 0 Å². The summed E-state index contributed by atoms with van der Waals surface area (Å²) >= 11 is 0. The molecule has 2 aromatic carbocycles. The van der Waals surface area contributed by atoms with Crippen LogP contribution in [0.15, 0.2) is 42.5 Å². The van der Waals surface area contributed by atoms with Gasteiger partial charge in [-0.3, -0.25) is 0 Å². The van der Waals surface area contributed by atoms with E-state index in [9.17, 15) is 5.11 Å². The van der Waals surface area contributed by atoms with Crippen LogP contribution in [0.5, 0.6) is 5.75 Å². The number of hydrogen-bond donors (Lipinski definition) is 1. The topological polar surface area (TPSA) is 50.9 Å². The summed E-state index contributed by atoms with van der Waals surface area (Å²) in [5.41, 5.74) is 3.97. The van der Waals surface area contributed by atoms with E-state index in [1.165, 1.54) is 5.56 Å². The molecule has 0 atom stereocenters. The van der Waals surface area contributed by atoms with Crippen molar-refractivity contribution in [3.05, 3.63) is 53.6 Å². The van der Waals surface area contributed by atoms with Crippen LogP contribution in [-0.4, -0.2) is 20.1 Å². The van der Waals surface area contributed by atoms with Crippen LogP contribution in [0, 0.1) is 5.92 Å². The average Bonchev–Trinajstić information content (AvgIpc) is 2.85. The minimum atomic E-state index is 0.307. The molecule has 0 spiro atoms. The van der Waals surface area contributed by atoms with E-state index in [1.54, 1.807) is 6.07 Å². The second kappa shape index (κ2) is 5.56. The lowest BCUT2D eigenvalue weighted by atomic mass is 10.0. The third-order valence-electron chi connectivity index (χ3n) is 3.53. The molecular formula is C17H19N3O. The maximum absolute atomic E-state index is 10.1. The van der Waals surface area contributed by atoms with Crippen LogP contribution in [-0.2, 0) is 13.0 Å². The fourth-order valence-electron chi connectivity index (χ4n) is 2.56. The fourth-order valence-corrected chi connectivity index (χ4v) is 2.56. The van der Waals surface area contributed by atoms with Crippen LogP contribution in [0.1, 0.15) is 25.0 Å². The molecule has 21 heavy (non-hydrogen) atoms. The molecule has 0 unspecified atom stereocenters. The Kier molecular flexibility index (Phi) is 3.60. The zero-order valence-corrected chi connectivity index (χ0v) is 12.3. The van der Waals surface area contributed by atoms with Gasteiger partial charge in [0.25, 0.3) is 0 Å². The van der Waals surface area contributed by atoms with Crippen LogP contribution in [0.4, 0.5) is 0 Å². The van der Waals surface area contributed by atoms with Gasteiger partial charge in [-0.15, -0.1) is 5.10 Å². The smallest absolute Gasteiger partial charge is 0.120 e. The van der Waals surface area contributed by atoms with Gasteiger partial charge in [0.2, 0.25) is 0 Å². The zero-order valence-electron chi connectivity index (χ0n) is 12.3. The van der Waals surface area contributed by atoms with Crippen molar-refractivity contribution in [2.24, 2.45) is 5.92 Å². The Bertz CT molecular complexity index is 762. The number of rotatable bonds is 4. The highest BCUT2D eigenvalue weighted by Gasteiger charge is 2.09. The highest BCUT2D eigenvalue weighted by Crippen LogP contribution is 2.22. The molecule has 4 heteroatoms. The van der Waals surface area contributed by atoms with Gasteiger partial charge < -0.3 is 5.11 Å². The van der Waals surface area contributed by atoms with Gasteiger partial charge in [-0.2, -0.15) is 0 Å². The molecule has 0 fully saturated rings. The predicted molar refractivity (Wildman–Crippen MR) is 83.3 cm³/mol. The molecule has 3 rings (SSSR count). The van der Waals surface area contributed by atoms with Crippen LogP contribution >= 0.6 is 0 Å². The summed E-state index contributed by atoms with van der Waals surface area (Å²) in [6.45, 7) is 4.91. The van der Waals surface area contributed by atoms with E-state index in [0.717, 1.165) is 23.0 Å². The van der Waals surface area contributed by atoms with Crippen molar-refractivity contribution in [3.8, 4) is 5.75 Å². The Balaban J connectivity index is 1.93. The molecule has 0 amide bonds. The molecule has 1 heterocycles. The van der Waals surface area contributed by atoms with E-state index in [4.69, 9.17) is 0 Å². The number of para-hydroxylation sites is 1. The number of aromatic nitrogens is 3. The number of hydrogen-bond acceptors (Lipinski definition) is 3. The van der Waals surface area contributed by atoms with Crippen LogP contribution in [0.25, 0.3) is 11.0 Å². The Morgan fingerprint density at radius 1 is 1.14 bits per heavy atom. The number of aromatic hydroxyl groups is 1. The van der Waals surface area contributed by atoms with Crippen molar-refractivity contribution in [1.82, 2.24) is 15.0 Å². The van der Waals surface area contributed by atoms with Crippen molar-refractivity contribution >= 4 is 11.0 Å². The summed E-state index contributed by atoms with van der Waals surface area (Å²) in [7, 11) is 0. The van der Waals surface area contributed by atoms with E-state index < -0.39 is 0 Å². The normalized spacial score (nSPS) is 11.4. The third kappa shape index (κ3) is 2.89. The number of fused-ring (bicyclic) bond motifs is 1. The molecule has 3 aromatic rings. The number of benzene rings is 2. The molecule has 0 aliphatic carbocycles. The maximum atomic E-state index is 10.1. The standard InChI is InChI=1S/C17H19N3O/c1-12(2)9-13-7-8-17(21)14(10-13)11-20-16-6-4-3-5-15(16)18-19-20/h3-8,10,12,21H,9,11H2,1-2H3.